The zero-order valence-electron chi connectivity index (χ0n) is 11.0. The Kier molecular flexibility index (Phi) is 8.51. The van der Waals surface area contributed by atoms with Crippen LogP contribution in [0.15, 0.2) is 0 Å². The lowest BCUT2D eigenvalue weighted by atomic mass is 10.0. The van der Waals surface area contributed by atoms with Gasteiger partial charge >= 0.3 is 0 Å². The fraction of sp³-hybridized carbons (Fsp3) is 0.909. The lowest BCUT2D eigenvalue weighted by molar-refractivity contribution is 0.203. The first-order valence-electron chi connectivity index (χ1n) is 5.65. The van der Waals surface area contributed by atoms with Gasteiger partial charge in [0.15, 0.2) is 5.11 Å². The number of nitrogens with one attached hydrogen (secondary N) is 2. The maximum absolute atomic E-state index is 5.22. The van der Waals surface area contributed by atoms with Crippen molar-refractivity contribution in [1.82, 2.24) is 15.5 Å². The summed E-state index contributed by atoms with van der Waals surface area (Å²) in [5, 5.41) is 7.15. The third kappa shape index (κ3) is 7.84. The fourth-order valence-corrected chi connectivity index (χ4v) is 1.56. The van der Waals surface area contributed by atoms with Crippen LogP contribution in [0, 0.1) is 5.92 Å². The smallest absolute Gasteiger partial charge is 0.166 e. The van der Waals surface area contributed by atoms with Gasteiger partial charge in [-0.3, -0.25) is 0 Å². The largest absolute Gasteiger partial charge is 0.383 e. The molecule has 0 aromatic heterocycles. The highest BCUT2D eigenvalue weighted by Gasteiger charge is 2.14. The number of hydrogen-bond donors (Lipinski definition) is 2. The lowest BCUT2D eigenvalue weighted by Crippen LogP contribution is -2.49. The Labute approximate surface area is 105 Å². The van der Waals surface area contributed by atoms with E-state index >= 15 is 0 Å². The van der Waals surface area contributed by atoms with E-state index < -0.39 is 0 Å². The number of ether oxygens (including phenoxy) is 1. The molecule has 0 aromatic carbocycles. The molecule has 4 nitrogen and oxygen atoms in total. The molecule has 0 aliphatic carbocycles. The van der Waals surface area contributed by atoms with E-state index in [1.807, 2.05) is 0 Å². The van der Waals surface area contributed by atoms with Gasteiger partial charge in [0.1, 0.15) is 0 Å². The summed E-state index contributed by atoms with van der Waals surface area (Å²) < 4.78 is 4.95. The molecule has 0 spiro atoms. The molecule has 0 saturated carbocycles. The van der Waals surface area contributed by atoms with E-state index in [-0.39, 0.29) is 0 Å². The molecule has 0 saturated heterocycles. The molecule has 96 valence electrons. The SMILES string of the molecule is COCCNC(=S)NC(CN(C)C)C(C)C. The van der Waals surface area contributed by atoms with Crippen molar-refractivity contribution in [1.29, 1.82) is 0 Å². The number of nitrogens with zero attached hydrogens (tertiary/aromatic N) is 1. The number of hydrogen-bond acceptors (Lipinski definition) is 3. The highest BCUT2D eigenvalue weighted by molar-refractivity contribution is 7.80. The van der Waals surface area contributed by atoms with Gasteiger partial charge in [-0.1, -0.05) is 13.8 Å². The molecule has 2 N–H and O–H groups in total. The Morgan fingerprint density at radius 1 is 1.38 bits per heavy atom. The molecule has 5 heteroatoms. The monoisotopic (exact) mass is 247 g/mol. The Morgan fingerprint density at radius 3 is 2.44 bits per heavy atom. The first kappa shape index (κ1) is 15.6. The molecule has 0 bridgehead atoms. The van der Waals surface area contributed by atoms with Crippen LogP contribution in [0.5, 0.6) is 0 Å². The molecule has 1 atom stereocenters. The van der Waals surface area contributed by atoms with Gasteiger partial charge in [-0.15, -0.1) is 0 Å². The van der Waals surface area contributed by atoms with Crippen LogP contribution in [0.1, 0.15) is 13.8 Å². The number of methoxy groups -OCH3 is 1. The summed E-state index contributed by atoms with van der Waals surface area (Å²) in [4.78, 5) is 2.16. The zero-order chi connectivity index (χ0) is 12.6. The number of thiocarbonyl (C=S) groups is 1. The molecule has 0 rings (SSSR count). The molecule has 16 heavy (non-hydrogen) atoms. The van der Waals surface area contributed by atoms with Crippen molar-refractivity contribution in [3.05, 3.63) is 0 Å². The van der Waals surface area contributed by atoms with E-state index in [2.05, 4.69) is 43.5 Å². The minimum absolute atomic E-state index is 0.373. The average molecular weight is 247 g/mol. The van der Waals surface area contributed by atoms with Crippen LogP contribution in [-0.4, -0.2) is 57.0 Å². The topological polar surface area (TPSA) is 36.5 Å². The fourth-order valence-electron chi connectivity index (χ4n) is 1.30. The van der Waals surface area contributed by atoms with Crippen molar-refractivity contribution >= 4 is 17.3 Å². The molecule has 0 aromatic rings. The maximum Gasteiger partial charge on any atom is 0.166 e. The molecular formula is C11H25N3OS. The zero-order valence-corrected chi connectivity index (χ0v) is 11.9. The molecule has 0 aliphatic rings. The van der Waals surface area contributed by atoms with E-state index in [1.165, 1.54) is 0 Å². The minimum Gasteiger partial charge on any atom is -0.383 e. The van der Waals surface area contributed by atoms with Crippen molar-refractivity contribution < 1.29 is 4.74 Å². The molecule has 0 aliphatic heterocycles. The standard InChI is InChI=1S/C11H25N3OS/c1-9(2)10(8-14(3)4)13-11(16)12-6-7-15-5/h9-10H,6-8H2,1-5H3,(H2,12,13,16). The first-order chi connectivity index (χ1) is 7.47. The van der Waals surface area contributed by atoms with Gasteiger partial charge in [0.25, 0.3) is 0 Å². The second kappa shape index (κ2) is 8.73. The third-order valence-electron chi connectivity index (χ3n) is 2.27. The van der Waals surface area contributed by atoms with Gasteiger partial charge in [-0.25, -0.2) is 0 Å². The minimum atomic E-state index is 0.373. The van der Waals surface area contributed by atoms with E-state index in [4.69, 9.17) is 17.0 Å². The van der Waals surface area contributed by atoms with E-state index in [0.29, 0.717) is 23.7 Å². The molecule has 0 fully saturated rings. The normalized spacial score (nSPS) is 12.9. The van der Waals surface area contributed by atoms with Crippen LogP contribution >= 0.6 is 12.2 Å². The van der Waals surface area contributed by atoms with Crippen LogP contribution in [-0.2, 0) is 4.74 Å². The van der Waals surface area contributed by atoms with Gasteiger partial charge in [0.2, 0.25) is 0 Å². The maximum atomic E-state index is 5.22. The summed E-state index contributed by atoms with van der Waals surface area (Å²) in [6, 6.07) is 0.373. The summed E-state index contributed by atoms with van der Waals surface area (Å²) in [6.45, 7) is 6.78. The molecular weight excluding hydrogens is 222 g/mol. The van der Waals surface area contributed by atoms with Gasteiger partial charge in [-0.05, 0) is 32.2 Å². The van der Waals surface area contributed by atoms with Crippen molar-refractivity contribution in [2.45, 2.75) is 19.9 Å². The first-order valence-corrected chi connectivity index (χ1v) is 6.06. The van der Waals surface area contributed by atoms with Crippen molar-refractivity contribution in [3.63, 3.8) is 0 Å². The Bertz CT molecular complexity index is 198. The quantitative estimate of drug-likeness (QED) is 0.511. The van der Waals surface area contributed by atoms with Crippen molar-refractivity contribution in [2.75, 3.05) is 40.9 Å². The van der Waals surface area contributed by atoms with Crippen molar-refractivity contribution in [2.24, 2.45) is 5.92 Å². The number of rotatable bonds is 7. The highest BCUT2D eigenvalue weighted by atomic mass is 32.1. The molecule has 1 unspecified atom stereocenters. The summed E-state index contributed by atoms with van der Waals surface area (Å²) in [5.41, 5.74) is 0. The van der Waals surface area contributed by atoms with Crippen LogP contribution < -0.4 is 10.6 Å². The predicted octanol–water partition coefficient (Wildman–Crippen LogP) is 0.683. The van der Waals surface area contributed by atoms with Crippen LogP contribution in [0.2, 0.25) is 0 Å². The average Bonchev–Trinajstić information content (AvgIpc) is 2.16. The molecule has 0 radical (unpaired) electrons. The second-order valence-corrected chi connectivity index (χ2v) is 4.91. The van der Waals surface area contributed by atoms with E-state index in [0.717, 1.165) is 13.1 Å². The molecule has 0 amide bonds. The Hall–Kier alpha value is -0.390. The third-order valence-corrected chi connectivity index (χ3v) is 2.54. The van der Waals surface area contributed by atoms with Gasteiger partial charge < -0.3 is 20.3 Å². The van der Waals surface area contributed by atoms with E-state index in [1.54, 1.807) is 7.11 Å². The second-order valence-electron chi connectivity index (χ2n) is 4.51. The predicted molar refractivity (Wildman–Crippen MR) is 72.8 cm³/mol. The summed E-state index contributed by atoms with van der Waals surface area (Å²) in [5.74, 6) is 0.546. The summed E-state index contributed by atoms with van der Waals surface area (Å²) in [6.07, 6.45) is 0. The summed E-state index contributed by atoms with van der Waals surface area (Å²) >= 11 is 5.22. The van der Waals surface area contributed by atoms with Crippen LogP contribution in [0.25, 0.3) is 0 Å². The Balaban J connectivity index is 3.93. The van der Waals surface area contributed by atoms with Gasteiger partial charge in [0.05, 0.1) is 6.61 Å². The van der Waals surface area contributed by atoms with E-state index in [9.17, 15) is 0 Å². The highest BCUT2D eigenvalue weighted by Crippen LogP contribution is 2.02. The molecule has 0 heterocycles. The number of likely N-dealkylation sites (N-methyl/N-ethyl adjacent to an activating group) is 1. The van der Waals surface area contributed by atoms with Crippen LogP contribution in [0.4, 0.5) is 0 Å². The summed E-state index contributed by atoms with van der Waals surface area (Å²) in [7, 11) is 5.82. The van der Waals surface area contributed by atoms with Crippen LogP contribution in [0.3, 0.4) is 0 Å². The lowest BCUT2D eigenvalue weighted by Gasteiger charge is -2.27. The Morgan fingerprint density at radius 2 is 2.00 bits per heavy atom. The van der Waals surface area contributed by atoms with Gasteiger partial charge in [0, 0.05) is 26.2 Å². The van der Waals surface area contributed by atoms with Crippen molar-refractivity contribution in [3.8, 4) is 0 Å². The van der Waals surface area contributed by atoms with Gasteiger partial charge in [-0.2, -0.15) is 0 Å².